The Balaban J connectivity index is 2.32. The smallest absolute Gasteiger partial charge is 0.254 e. The monoisotopic (exact) mass is 298 g/mol. The summed E-state index contributed by atoms with van der Waals surface area (Å²) >= 11 is 0. The third-order valence-electron chi connectivity index (χ3n) is 4.02. The number of terminal acetylenes is 1. The minimum Gasteiger partial charge on any atom is -0.336 e. The minimum absolute atomic E-state index is 0.201. The Hall–Kier alpha value is -2.35. The lowest BCUT2D eigenvalue weighted by Gasteiger charge is -2.27. The number of carbonyl (C=O) groups excluding carboxylic acids is 1. The summed E-state index contributed by atoms with van der Waals surface area (Å²) in [5.74, 6) is 2.50. The molecule has 0 aliphatic rings. The average Bonchev–Trinajstić information content (AvgIpc) is 2.95. The van der Waals surface area contributed by atoms with Crippen molar-refractivity contribution in [3.63, 3.8) is 0 Å². The maximum atomic E-state index is 12.4. The van der Waals surface area contributed by atoms with Crippen molar-refractivity contribution in [2.75, 3.05) is 0 Å². The topological polar surface area (TPSA) is 59.8 Å². The van der Waals surface area contributed by atoms with E-state index in [9.17, 15) is 4.79 Å². The molecule has 0 saturated heterocycles. The van der Waals surface area contributed by atoms with Crippen LogP contribution in [0.25, 0.3) is 11.0 Å². The van der Waals surface area contributed by atoms with Gasteiger partial charge in [-0.25, -0.2) is 9.67 Å². The fourth-order valence-electron chi connectivity index (χ4n) is 2.40. The molecule has 0 aliphatic heterocycles. The van der Waals surface area contributed by atoms with E-state index in [1.807, 2.05) is 32.4 Å². The summed E-state index contributed by atoms with van der Waals surface area (Å²) in [5, 5.41) is 8.10. The van der Waals surface area contributed by atoms with Crippen molar-refractivity contribution < 1.29 is 4.79 Å². The van der Waals surface area contributed by atoms with Gasteiger partial charge in [-0.15, -0.1) is 6.42 Å². The van der Waals surface area contributed by atoms with E-state index in [-0.39, 0.29) is 11.9 Å². The summed E-state index contributed by atoms with van der Waals surface area (Å²) in [6.07, 6.45) is 10.3. The van der Waals surface area contributed by atoms with Gasteiger partial charge < -0.3 is 5.32 Å². The maximum Gasteiger partial charge on any atom is 0.254 e. The van der Waals surface area contributed by atoms with E-state index in [1.165, 1.54) is 0 Å². The van der Waals surface area contributed by atoms with Crippen LogP contribution >= 0.6 is 0 Å². The summed E-state index contributed by atoms with van der Waals surface area (Å²) in [7, 11) is 0. The van der Waals surface area contributed by atoms with Gasteiger partial charge in [0.05, 0.1) is 11.8 Å². The van der Waals surface area contributed by atoms with Crippen LogP contribution in [0, 0.1) is 12.3 Å². The Morgan fingerprint density at radius 1 is 1.41 bits per heavy atom. The van der Waals surface area contributed by atoms with E-state index < -0.39 is 5.54 Å². The van der Waals surface area contributed by atoms with Gasteiger partial charge in [0, 0.05) is 17.6 Å². The van der Waals surface area contributed by atoms with Crippen molar-refractivity contribution in [1.29, 1.82) is 0 Å². The number of hydrogen-bond donors (Lipinski definition) is 1. The van der Waals surface area contributed by atoms with Gasteiger partial charge in [-0.05, 0) is 32.8 Å². The van der Waals surface area contributed by atoms with Crippen LogP contribution in [-0.2, 0) is 0 Å². The number of nitrogens with zero attached hydrogens (tertiary/aromatic N) is 3. The predicted octanol–water partition coefficient (Wildman–Crippen LogP) is 2.93. The summed E-state index contributed by atoms with van der Waals surface area (Å²) < 4.78 is 1.83. The minimum atomic E-state index is -0.603. The number of pyridine rings is 1. The van der Waals surface area contributed by atoms with E-state index in [0.29, 0.717) is 18.4 Å². The lowest BCUT2D eigenvalue weighted by molar-refractivity contribution is 0.0916. The quantitative estimate of drug-likeness (QED) is 0.863. The highest BCUT2D eigenvalue weighted by atomic mass is 16.1. The summed E-state index contributed by atoms with van der Waals surface area (Å²) in [5.41, 5.74) is 0.673. The molecule has 22 heavy (non-hydrogen) atoms. The van der Waals surface area contributed by atoms with Gasteiger partial charge in [-0.3, -0.25) is 4.79 Å². The molecule has 0 radical (unpaired) electrons. The van der Waals surface area contributed by atoms with Crippen LogP contribution < -0.4 is 5.32 Å². The first-order valence-corrected chi connectivity index (χ1v) is 7.60. The molecule has 5 heteroatoms. The maximum absolute atomic E-state index is 12.4. The third-order valence-corrected chi connectivity index (χ3v) is 4.02. The molecule has 5 nitrogen and oxygen atoms in total. The van der Waals surface area contributed by atoms with Crippen molar-refractivity contribution in [3.8, 4) is 12.3 Å². The molecule has 2 aromatic heterocycles. The first-order chi connectivity index (χ1) is 10.5. The van der Waals surface area contributed by atoms with Gasteiger partial charge in [0.15, 0.2) is 5.65 Å². The van der Waals surface area contributed by atoms with Crippen molar-refractivity contribution in [1.82, 2.24) is 20.1 Å². The Labute approximate surface area is 131 Å². The molecule has 0 atom stereocenters. The van der Waals surface area contributed by atoms with E-state index in [2.05, 4.69) is 21.3 Å². The molecular weight excluding hydrogens is 276 g/mol. The van der Waals surface area contributed by atoms with Gasteiger partial charge in [-0.2, -0.15) is 5.10 Å². The lowest BCUT2D eigenvalue weighted by atomic mass is 9.93. The van der Waals surface area contributed by atoms with E-state index in [0.717, 1.165) is 11.0 Å². The molecule has 0 saturated carbocycles. The van der Waals surface area contributed by atoms with Crippen LogP contribution in [-0.4, -0.2) is 26.2 Å². The SMILES string of the molecule is C#CC(CC)(CC)NC(=O)c1cnc2c(cnn2C(C)C)c1. The molecule has 0 aromatic carbocycles. The average molecular weight is 298 g/mol. The molecule has 2 aromatic rings. The van der Waals surface area contributed by atoms with Crippen molar-refractivity contribution in [3.05, 3.63) is 24.0 Å². The Kier molecular flexibility index (Phi) is 4.51. The van der Waals surface area contributed by atoms with Crippen molar-refractivity contribution >= 4 is 16.9 Å². The van der Waals surface area contributed by atoms with Crippen molar-refractivity contribution in [2.24, 2.45) is 0 Å². The van der Waals surface area contributed by atoms with Gasteiger partial charge in [0.25, 0.3) is 5.91 Å². The number of nitrogens with one attached hydrogen (secondary N) is 1. The Morgan fingerprint density at radius 3 is 2.64 bits per heavy atom. The second-order valence-electron chi connectivity index (χ2n) is 5.71. The van der Waals surface area contributed by atoms with Gasteiger partial charge in [0.1, 0.15) is 5.54 Å². The highest BCUT2D eigenvalue weighted by Gasteiger charge is 2.26. The zero-order valence-corrected chi connectivity index (χ0v) is 13.6. The lowest BCUT2D eigenvalue weighted by Crippen LogP contribution is -2.46. The third kappa shape index (κ3) is 2.82. The highest BCUT2D eigenvalue weighted by Crippen LogP contribution is 2.18. The molecule has 0 unspecified atom stereocenters. The number of hydrogen-bond acceptors (Lipinski definition) is 3. The summed E-state index contributed by atoms with van der Waals surface area (Å²) in [6.45, 7) is 8.02. The number of rotatable bonds is 5. The van der Waals surface area contributed by atoms with E-state index in [4.69, 9.17) is 6.42 Å². The molecule has 0 spiro atoms. The molecule has 2 heterocycles. The molecule has 1 amide bonds. The van der Waals surface area contributed by atoms with Crippen LogP contribution in [0.1, 0.15) is 56.9 Å². The Morgan fingerprint density at radius 2 is 2.09 bits per heavy atom. The van der Waals surface area contributed by atoms with Crippen LogP contribution in [0.2, 0.25) is 0 Å². The van der Waals surface area contributed by atoms with Crippen LogP contribution in [0.5, 0.6) is 0 Å². The number of aromatic nitrogens is 3. The second kappa shape index (κ2) is 6.18. The predicted molar refractivity (Wildman–Crippen MR) is 87.5 cm³/mol. The summed E-state index contributed by atoms with van der Waals surface area (Å²) in [4.78, 5) is 16.8. The normalized spacial score (nSPS) is 11.6. The van der Waals surface area contributed by atoms with Gasteiger partial charge >= 0.3 is 0 Å². The standard InChI is InChI=1S/C17H22N4O/c1-6-17(7-2,8-3)20-16(22)14-9-13-11-19-21(12(4)5)15(13)18-10-14/h1,9-12H,7-8H2,2-5H3,(H,20,22). The fraction of sp³-hybridized carbons (Fsp3) is 0.471. The number of fused-ring (bicyclic) bond motifs is 1. The van der Waals surface area contributed by atoms with Gasteiger partial charge in [-0.1, -0.05) is 19.8 Å². The zero-order valence-electron chi connectivity index (χ0n) is 13.6. The number of amides is 1. The van der Waals surface area contributed by atoms with Gasteiger partial charge in [0.2, 0.25) is 0 Å². The van der Waals surface area contributed by atoms with Crippen molar-refractivity contribution in [2.45, 2.75) is 52.1 Å². The summed E-state index contributed by atoms with van der Waals surface area (Å²) in [6, 6.07) is 2.02. The largest absolute Gasteiger partial charge is 0.336 e. The highest BCUT2D eigenvalue weighted by molar-refractivity contribution is 5.97. The molecule has 0 fully saturated rings. The molecule has 1 N–H and O–H groups in total. The van der Waals surface area contributed by atoms with E-state index >= 15 is 0 Å². The number of carbonyl (C=O) groups is 1. The molecule has 116 valence electrons. The second-order valence-corrected chi connectivity index (χ2v) is 5.71. The molecule has 2 rings (SSSR count). The zero-order chi connectivity index (χ0) is 16.3. The van der Waals surface area contributed by atoms with Crippen LogP contribution in [0.15, 0.2) is 18.5 Å². The molecular formula is C17H22N4O. The Bertz CT molecular complexity index is 720. The first-order valence-electron chi connectivity index (χ1n) is 7.60. The molecule has 0 bridgehead atoms. The first kappa shape index (κ1) is 16.0. The van der Waals surface area contributed by atoms with E-state index in [1.54, 1.807) is 18.5 Å². The van der Waals surface area contributed by atoms with Crippen LogP contribution in [0.3, 0.4) is 0 Å². The fourth-order valence-corrected chi connectivity index (χ4v) is 2.40. The molecule has 0 aliphatic carbocycles. The van der Waals surface area contributed by atoms with Crippen LogP contribution in [0.4, 0.5) is 0 Å².